The number of nitrogens with zero attached hydrogens (tertiary/aromatic N) is 4. The number of para-hydroxylation sites is 2. The van der Waals surface area contributed by atoms with Gasteiger partial charge in [0.05, 0.1) is 40.9 Å². The van der Waals surface area contributed by atoms with Gasteiger partial charge in [0, 0.05) is 32.8 Å². The molecule has 0 atom stereocenters. The van der Waals surface area contributed by atoms with E-state index >= 15 is 0 Å². The van der Waals surface area contributed by atoms with Gasteiger partial charge in [0.1, 0.15) is 0 Å². The van der Waals surface area contributed by atoms with Crippen molar-refractivity contribution in [3.05, 3.63) is 227 Å². The summed E-state index contributed by atoms with van der Waals surface area (Å²) in [5.41, 5.74) is 16.4. The Bertz CT molecular complexity index is 3940. The molecule has 0 aliphatic heterocycles. The van der Waals surface area contributed by atoms with E-state index in [1.54, 1.807) is 0 Å². The van der Waals surface area contributed by atoms with Crippen LogP contribution < -0.4 is 0 Å². The van der Waals surface area contributed by atoms with Crippen molar-refractivity contribution in [2.75, 3.05) is 0 Å². The van der Waals surface area contributed by atoms with Crippen molar-refractivity contribution in [2.45, 2.75) is 33.9 Å². The highest BCUT2D eigenvalue weighted by Gasteiger charge is 2.31. The molecule has 9 aromatic carbocycles. The average molecular weight is 887 g/mol. The first kappa shape index (κ1) is 42.0. The predicted molar refractivity (Wildman–Crippen MR) is 273 cm³/mol. The minimum atomic E-state index is -4.61. The summed E-state index contributed by atoms with van der Waals surface area (Å²) >= 11 is 0. The lowest BCUT2D eigenvalue weighted by molar-refractivity contribution is -0.137. The molecule has 4 nitrogen and oxygen atoms in total. The summed E-state index contributed by atoms with van der Waals surface area (Å²) in [5, 5.41) is 4.28. The minimum absolute atomic E-state index is 0.112. The van der Waals surface area contributed by atoms with Crippen LogP contribution in [0.15, 0.2) is 176 Å². The van der Waals surface area contributed by atoms with Gasteiger partial charge in [0.25, 0.3) is 0 Å². The third kappa shape index (κ3) is 7.08. The first-order valence-corrected chi connectivity index (χ1v) is 22.4. The van der Waals surface area contributed by atoms with Crippen molar-refractivity contribution >= 4 is 55.0 Å². The number of hydrogen-bond donors (Lipinski definition) is 0. The van der Waals surface area contributed by atoms with Gasteiger partial charge in [-0.15, -0.1) is 0 Å². The van der Waals surface area contributed by atoms with Crippen LogP contribution in [0.3, 0.4) is 0 Å². The smallest absolute Gasteiger partial charge is 0.309 e. The molecule has 0 fully saturated rings. The van der Waals surface area contributed by atoms with Gasteiger partial charge in [0.2, 0.25) is 0 Å². The standard InChI is InChI=1S/C61H41F3N4/c1-36-25-37(2)28-43(27-36)40-15-22-58-51(31-40)48-11-7-9-13-56(48)67(58)46-19-21-54(65-5)50(35-46)53-33-42(47-20-18-45(61(62,63)64)34-55(47)66-6)17-24-60(53)68-57-14-10-8-12-49(57)52-32-41(16-23-59(52)68)44-29-38(3)26-39(4)30-44/h7-35H,1-4H3. The maximum absolute atomic E-state index is 14.0. The van der Waals surface area contributed by atoms with Crippen molar-refractivity contribution in [1.82, 2.24) is 9.13 Å². The van der Waals surface area contributed by atoms with Crippen molar-refractivity contribution in [3.63, 3.8) is 0 Å². The van der Waals surface area contributed by atoms with Crippen LogP contribution >= 0.6 is 0 Å². The van der Waals surface area contributed by atoms with Crippen LogP contribution in [0, 0.1) is 40.8 Å². The van der Waals surface area contributed by atoms with Gasteiger partial charge in [-0.1, -0.05) is 131 Å². The van der Waals surface area contributed by atoms with Crippen molar-refractivity contribution < 1.29 is 13.2 Å². The van der Waals surface area contributed by atoms with Gasteiger partial charge >= 0.3 is 6.18 Å². The Morgan fingerprint density at radius 3 is 1.46 bits per heavy atom. The molecule has 0 bridgehead atoms. The topological polar surface area (TPSA) is 18.6 Å². The molecule has 0 amide bonds. The van der Waals surface area contributed by atoms with E-state index in [1.807, 2.05) is 54.6 Å². The van der Waals surface area contributed by atoms with Gasteiger partial charge in [-0.25, -0.2) is 9.69 Å². The van der Waals surface area contributed by atoms with E-state index in [1.165, 1.54) is 28.3 Å². The van der Waals surface area contributed by atoms with Crippen LogP contribution in [-0.2, 0) is 6.18 Å². The lowest BCUT2D eigenvalue weighted by Crippen LogP contribution is -2.04. The summed E-state index contributed by atoms with van der Waals surface area (Å²) in [7, 11) is 0. The number of fused-ring (bicyclic) bond motifs is 6. The largest absolute Gasteiger partial charge is 0.415 e. The highest BCUT2D eigenvalue weighted by atomic mass is 19.4. The van der Waals surface area contributed by atoms with E-state index < -0.39 is 11.7 Å². The second-order valence-electron chi connectivity index (χ2n) is 17.8. The van der Waals surface area contributed by atoms with E-state index in [-0.39, 0.29) is 5.69 Å². The van der Waals surface area contributed by atoms with Crippen LogP contribution in [0.4, 0.5) is 24.5 Å². The first-order valence-electron chi connectivity index (χ1n) is 22.4. The Kier molecular flexibility index (Phi) is 9.92. The van der Waals surface area contributed by atoms with E-state index in [0.717, 1.165) is 89.4 Å². The summed E-state index contributed by atoms with van der Waals surface area (Å²) in [6.45, 7) is 25.0. The number of benzene rings is 9. The fraction of sp³-hybridized carbons (Fsp3) is 0.0820. The van der Waals surface area contributed by atoms with E-state index in [4.69, 9.17) is 13.1 Å². The molecule has 0 spiro atoms. The number of hydrogen-bond acceptors (Lipinski definition) is 0. The summed E-state index contributed by atoms with van der Waals surface area (Å²) in [6.07, 6.45) is -4.61. The molecule has 11 aromatic rings. The number of aromatic nitrogens is 2. The normalized spacial score (nSPS) is 11.7. The van der Waals surface area contributed by atoms with Crippen LogP contribution in [0.1, 0.15) is 27.8 Å². The van der Waals surface area contributed by atoms with Crippen LogP contribution in [0.5, 0.6) is 0 Å². The van der Waals surface area contributed by atoms with E-state index in [2.05, 4.69) is 150 Å². The minimum Gasteiger partial charge on any atom is -0.309 e. The number of alkyl halides is 3. The summed E-state index contributed by atoms with van der Waals surface area (Å²) in [5.74, 6) is 0. The zero-order chi connectivity index (χ0) is 47.0. The van der Waals surface area contributed by atoms with Crippen LogP contribution in [-0.4, -0.2) is 9.13 Å². The Balaban J connectivity index is 1.17. The third-order valence-electron chi connectivity index (χ3n) is 13.1. The SMILES string of the molecule is [C-]#[N+]c1cc(C(F)(F)F)ccc1-c1ccc(-n2c3ccccc3c3cc(-c4cc(C)cc(C)c4)ccc32)c(-c2cc(-n3c4ccccc4c4cc(-c5cc(C)cc(C)c5)ccc43)ccc2[N+]#[C-])c1. The van der Waals surface area contributed by atoms with Gasteiger partial charge in [-0.2, -0.15) is 13.2 Å². The number of rotatable bonds is 6. The molecular formula is C61H41F3N4. The van der Waals surface area contributed by atoms with E-state index in [9.17, 15) is 13.2 Å². The predicted octanol–water partition coefficient (Wildman–Crippen LogP) is 17.9. The van der Waals surface area contributed by atoms with Gasteiger partial charge in [-0.3, -0.25) is 0 Å². The van der Waals surface area contributed by atoms with Gasteiger partial charge in [0.15, 0.2) is 11.4 Å². The molecule has 0 radical (unpaired) electrons. The Labute approximate surface area is 392 Å². The average Bonchev–Trinajstić information content (AvgIpc) is 3.84. The highest BCUT2D eigenvalue weighted by Crippen LogP contribution is 2.46. The zero-order valence-electron chi connectivity index (χ0n) is 37.7. The molecule has 0 saturated heterocycles. The molecule has 0 aliphatic carbocycles. The molecule has 0 unspecified atom stereocenters. The van der Waals surface area contributed by atoms with Crippen molar-refractivity contribution in [3.8, 4) is 55.9 Å². The second kappa shape index (κ2) is 16.0. The molecule has 326 valence electrons. The highest BCUT2D eigenvalue weighted by molar-refractivity contribution is 6.12. The molecule has 11 rings (SSSR count). The molecular weight excluding hydrogens is 846 g/mol. The fourth-order valence-electron chi connectivity index (χ4n) is 10.3. The number of halogens is 3. The lowest BCUT2D eigenvalue weighted by Gasteiger charge is -2.19. The molecule has 0 N–H and O–H groups in total. The maximum atomic E-state index is 14.0. The molecule has 2 heterocycles. The zero-order valence-corrected chi connectivity index (χ0v) is 37.7. The summed E-state index contributed by atoms with van der Waals surface area (Å²) < 4.78 is 46.4. The van der Waals surface area contributed by atoms with Crippen molar-refractivity contribution in [2.24, 2.45) is 0 Å². The Hall–Kier alpha value is -8.65. The summed E-state index contributed by atoms with van der Waals surface area (Å²) in [4.78, 5) is 7.68. The summed E-state index contributed by atoms with van der Waals surface area (Å²) in [6, 6.07) is 57.8. The molecule has 68 heavy (non-hydrogen) atoms. The molecule has 2 aromatic heterocycles. The van der Waals surface area contributed by atoms with E-state index in [0.29, 0.717) is 27.9 Å². The third-order valence-corrected chi connectivity index (χ3v) is 13.1. The molecule has 0 aliphatic rings. The quantitative estimate of drug-likeness (QED) is 0.148. The van der Waals surface area contributed by atoms with Gasteiger partial charge < -0.3 is 9.13 Å². The lowest BCUT2D eigenvalue weighted by atomic mass is 9.94. The van der Waals surface area contributed by atoms with Gasteiger partial charge in [-0.05, 0) is 139 Å². The van der Waals surface area contributed by atoms with Crippen LogP contribution in [0.2, 0.25) is 0 Å². The Morgan fingerprint density at radius 1 is 0.382 bits per heavy atom. The van der Waals surface area contributed by atoms with Crippen LogP contribution in [0.25, 0.3) is 109 Å². The van der Waals surface area contributed by atoms with Crippen molar-refractivity contribution in [1.29, 1.82) is 0 Å². The fourth-order valence-corrected chi connectivity index (χ4v) is 10.3. The Morgan fingerprint density at radius 2 is 0.897 bits per heavy atom. The first-order chi connectivity index (χ1) is 32.9. The monoisotopic (exact) mass is 886 g/mol. The maximum Gasteiger partial charge on any atom is 0.415 e. The molecule has 0 saturated carbocycles. The molecule has 7 heteroatoms. The second-order valence-corrected chi connectivity index (χ2v) is 17.8. The number of aryl methyl sites for hydroxylation is 4.